The Morgan fingerprint density at radius 1 is 1.08 bits per heavy atom. The van der Waals surface area contributed by atoms with Gasteiger partial charge in [-0.3, -0.25) is 14.6 Å². The van der Waals surface area contributed by atoms with E-state index < -0.39 is 0 Å². The van der Waals surface area contributed by atoms with Gasteiger partial charge < -0.3 is 10.6 Å². The molecule has 1 heterocycles. The van der Waals surface area contributed by atoms with E-state index in [0.29, 0.717) is 23.6 Å². The molecule has 136 valence electrons. The van der Waals surface area contributed by atoms with Crippen LogP contribution in [0.15, 0.2) is 42.6 Å². The van der Waals surface area contributed by atoms with Crippen molar-refractivity contribution in [1.29, 1.82) is 0 Å². The summed E-state index contributed by atoms with van der Waals surface area (Å²) >= 11 is 5.86. The van der Waals surface area contributed by atoms with Crippen LogP contribution in [-0.2, 0) is 6.42 Å². The van der Waals surface area contributed by atoms with Crippen LogP contribution in [0.3, 0.4) is 0 Å². The molecular formula is C20H22ClN3O2. The zero-order chi connectivity index (χ0) is 18.4. The van der Waals surface area contributed by atoms with Crippen molar-refractivity contribution in [2.75, 3.05) is 6.54 Å². The van der Waals surface area contributed by atoms with Gasteiger partial charge in [-0.2, -0.15) is 0 Å². The van der Waals surface area contributed by atoms with Crippen LogP contribution < -0.4 is 10.6 Å². The van der Waals surface area contributed by atoms with Crippen molar-refractivity contribution >= 4 is 23.4 Å². The third-order valence-electron chi connectivity index (χ3n) is 4.56. The molecule has 0 spiro atoms. The highest BCUT2D eigenvalue weighted by molar-refractivity contribution is 6.30. The van der Waals surface area contributed by atoms with Gasteiger partial charge in [-0.1, -0.05) is 36.6 Å². The van der Waals surface area contributed by atoms with Crippen molar-refractivity contribution in [2.24, 2.45) is 0 Å². The van der Waals surface area contributed by atoms with Crippen LogP contribution in [0.2, 0.25) is 5.02 Å². The summed E-state index contributed by atoms with van der Waals surface area (Å²) in [6, 6.07) is 10.9. The van der Waals surface area contributed by atoms with Gasteiger partial charge in [0.15, 0.2) is 0 Å². The maximum Gasteiger partial charge on any atom is 0.269 e. The van der Waals surface area contributed by atoms with Crippen molar-refractivity contribution in [3.8, 4) is 0 Å². The molecule has 1 aliphatic rings. The number of nitrogens with zero attached hydrogens (tertiary/aromatic N) is 1. The maximum atomic E-state index is 12.3. The molecule has 0 radical (unpaired) electrons. The van der Waals surface area contributed by atoms with Gasteiger partial charge in [0.05, 0.1) is 0 Å². The topological polar surface area (TPSA) is 71.1 Å². The zero-order valence-corrected chi connectivity index (χ0v) is 15.3. The van der Waals surface area contributed by atoms with Gasteiger partial charge in [0.1, 0.15) is 5.69 Å². The minimum Gasteiger partial charge on any atom is -0.350 e. The minimum atomic E-state index is -0.283. The van der Waals surface area contributed by atoms with Crippen molar-refractivity contribution in [3.05, 3.63) is 64.4 Å². The molecule has 1 aliphatic carbocycles. The zero-order valence-electron chi connectivity index (χ0n) is 14.5. The SMILES string of the molecule is O=C(NC1CCCC1)c1ccnc(C(=O)NCCc2ccc(Cl)cc2)c1. The van der Waals surface area contributed by atoms with Gasteiger partial charge in [0, 0.05) is 29.4 Å². The minimum absolute atomic E-state index is 0.144. The fraction of sp³-hybridized carbons (Fsp3) is 0.350. The highest BCUT2D eigenvalue weighted by atomic mass is 35.5. The lowest BCUT2D eigenvalue weighted by Gasteiger charge is -2.12. The fourth-order valence-corrected chi connectivity index (χ4v) is 3.22. The number of carbonyl (C=O) groups is 2. The molecule has 5 nitrogen and oxygen atoms in total. The largest absolute Gasteiger partial charge is 0.350 e. The van der Waals surface area contributed by atoms with E-state index in [1.807, 2.05) is 24.3 Å². The number of halogens is 1. The normalized spacial score (nSPS) is 14.2. The Kier molecular flexibility index (Phi) is 6.23. The number of hydrogen-bond donors (Lipinski definition) is 2. The quantitative estimate of drug-likeness (QED) is 0.817. The molecule has 0 bridgehead atoms. The van der Waals surface area contributed by atoms with Crippen LogP contribution in [0.5, 0.6) is 0 Å². The molecule has 1 aromatic carbocycles. The Morgan fingerprint density at radius 2 is 1.81 bits per heavy atom. The molecule has 0 unspecified atom stereocenters. The van der Waals surface area contributed by atoms with Crippen LogP contribution in [0.4, 0.5) is 0 Å². The predicted octanol–water partition coefficient (Wildman–Crippen LogP) is 3.38. The highest BCUT2D eigenvalue weighted by Gasteiger charge is 2.18. The number of benzene rings is 1. The van der Waals surface area contributed by atoms with Gasteiger partial charge in [-0.05, 0) is 49.1 Å². The molecule has 2 aromatic rings. The molecule has 2 N–H and O–H groups in total. The number of rotatable bonds is 6. The molecule has 26 heavy (non-hydrogen) atoms. The molecule has 1 fully saturated rings. The predicted molar refractivity (Wildman–Crippen MR) is 101 cm³/mol. The number of amides is 2. The first-order chi connectivity index (χ1) is 12.6. The summed E-state index contributed by atoms with van der Waals surface area (Å²) in [6.07, 6.45) is 6.55. The van der Waals surface area contributed by atoms with Crippen LogP contribution in [-0.4, -0.2) is 29.4 Å². The van der Waals surface area contributed by atoms with Gasteiger partial charge in [-0.25, -0.2) is 0 Å². The highest BCUT2D eigenvalue weighted by Crippen LogP contribution is 2.18. The molecule has 0 aliphatic heterocycles. The van der Waals surface area contributed by atoms with E-state index in [9.17, 15) is 9.59 Å². The summed E-state index contributed by atoms with van der Waals surface area (Å²) in [4.78, 5) is 28.7. The van der Waals surface area contributed by atoms with Gasteiger partial charge in [0.25, 0.3) is 11.8 Å². The van der Waals surface area contributed by atoms with E-state index >= 15 is 0 Å². The van der Waals surface area contributed by atoms with Crippen LogP contribution in [0.1, 0.15) is 52.1 Å². The van der Waals surface area contributed by atoms with Gasteiger partial charge >= 0.3 is 0 Å². The van der Waals surface area contributed by atoms with Gasteiger partial charge in [-0.15, -0.1) is 0 Å². The Balaban J connectivity index is 1.53. The van der Waals surface area contributed by atoms with E-state index in [2.05, 4.69) is 15.6 Å². The maximum absolute atomic E-state index is 12.3. The lowest BCUT2D eigenvalue weighted by Crippen LogP contribution is -2.33. The molecule has 3 rings (SSSR count). The Morgan fingerprint density at radius 3 is 2.54 bits per heavy atom. The first kappa shape index (κ1) is 18.4. The molecule has 2 amide bonds. The molecule has 0 atom stereocenters. The number of pyridine rings is 1. The lowest BCUT2D eigenvalue weighted by molar-refractivity contribution is 0.0937. The molecule has 6 heteroatoms. The standard InChI is InChI=1S/C20H22ClN3O2/c21-16-7-5-14(6-8-16)9-11-23-20(26)18-13-15(10-12-22-18)19(25)24-17-3-1-2-4-17/h5-8,10,12-13,17H,1-4,9,11H2,(H,23,26)(H,24,25). The second kappa shape index (κ2) is 8.81. The lowest BCUT2D eigenvalue weighted by atomic mass is 10.1. The monoisotopic (exact) mass is 371 g/mol. The van der Waals surface area contributed by atoms with Crippen molar-refractivity contribution in [1.82, 2.24) is 15.6 Å². The Labute approximate surface area is 158 Å². The van der Waals surface area contributed by atoms with E-state index in [1.165, 1.54) is 6.20 Å². The van der Waals surface area contributed by atoms with Crippen molar-refractivity contribution in [3.63, 3.8) is 0 Å². The second-order valence-electron chi connectivity index (χ2n) is 6.52. The molecule has 1 saturated carbocycles. The molecule has 0 saturated heterocycles. The summed E-state index contributed by atoms with van der Waals surface area (Å²) < 4.78 is 0. The number of aromatic nitrogens is 1. The third-order valence-corrected chi connectivity index (χ3v) is 4.81. The third kappa shape index (κ3) is 5.05. The fourth-order valence-electron chi connectivity index (χ4n) is 3.10. The van der Waals surface area contributed by atoms with E-state index in [4.69, 9.17) is 11.6 Å². The average Bonchev–Trinajstić information content (AvgIpc) is 3.16. The number of hydrogen-bond acceptors (Lipinski definition) is 3. The van der Waals surface area contributed by atoms with E-state index in [0.717, 1.165) is 31.2 Å². The second-order valence-corrected chi connectivity index (χ2v) is 6.95. The Bertz CT molecular complexity index is 771. The summed E-state index contributed by atoms with van der Waals surface area (Å²) in [6.45, 7) is 0.487. The van der Waals surface area contributed by atoms with Crippen molar-refractivity contribution in [2.45, 2.75) is 38.1 Å². The number of carbonyl (C=O) groups excluding carboxylic acids is 2. The van der Waals surface area contributed by atoms with E-state index in [1.54, 1.807) is 12.1 Å². The summed E-state index contributed by atoms with van der Waals surface area (Å²) in [5, 5.41) is 6.55. The summed E-state index contributed by atoms with van der Waals surface area (Å²) in [5.74, 6) is -0.427. The smallest absolute Gasteiger partial charge is 0.269 e. The summed E-state index contributed by atoms with van der Waals surface area (Å²) in [7, 11) is 0. The van der Waals surface area contributed by atoms with Gasteiger partial charge in [0.2, 0.25) is 0 Å². The Hall–Kier alpha value is -2.40. The first-order valence-corrected chi connectivity index (χ1v) is 9.29. The first-order valence-electron chi connectivity index (χ1n) is 8.91. The number of nitrogens with one attached hydrogen (secondary N) is 2. The average molecular weight is 372 g/mol. The van der Waals surface area contributed by atoms with Crippen LogP contribution in [0, 0.1) is 0 Å². The molecule has 1 aromatic heterocycles. The summed E-state index contributed by atoms with van der Waals surface area (Å²) in [5.41, 5.74) is 1.81. The van der Waals surface area contributed by atoms with E-state index in [-0.39, 0.29) is 23.6 Å². The van der Waals surface area contributed by atoms with Crippen LogP contribution >= 0.6 is 11.6 Å². The molecular weight excluding hydrogens is 350 g/mol. The van der Waals surface area contributed by atoms with Crippen LogP contribution in [0.25, 0.3) is 0 Å². The van der Waals surface area contributed by atoms with Crippen molar-refractivity contribution < 1.29 is 9.59 Å².